The molecule has 5 heteroatoms. The Balaban J connectivity index is 1.87. The van der Waals surface area contributed by atoms with Crippen LogP contribution in [0, 0.1) is 0 Å². The number of ether oxygens (including phenoxy) is 3. The maximum absolute atomic E-state index is 10.7. The van der Waals surface area contributed by atoms with Crippen LogP contribution >= 0.6 is 0 Å². The zero-order chi connectivity index (χ0) is 14.9. The van der Waals surface area contributed by atoms with Gasteiger partial charge in [0.2, 0.25) is 0 Å². The van der Waals surface area contributed by atoms with Crippen LogP contribution in [0.1, 0.15) is 0 Å². The summed E-state index contributed by atoms with van der Waals surface area (Å²) in [6.45, 7) is 0.173. The molecule has 1 N–H and O–H groups in total. The molecule has 0 aromatic heterocycles. The molecule has 0 unspecified atom stereocenters. The SMILES string of the molecule is O=C(O)OC(COc1ccccc1)COc1ccccc1. The van der Waals surface area contributed by atoms with Crippen molar-refractivity contribution < 1.29 is 24.1 Å². The second kappa shape index (κ2) is 7.79. The number of carboxylic acid groups (broad SMARTS) is 1. The van der Waals surface area contributed by atoms with E-state index >= 15 is 0 Å². The molecule has 2 rings (SSSR count). The molecule has 21 heavy (non-hydrogen) atoms. The summed E-state index contributed by atoms with van der Waals surface area (Å²) >= 11 is 0. The van der Waals surface area contributed by atoms with Gasteiger partial charge in [-0.1, -0.05) is 36.4 Å². The topological polar surface area (TPSA) is 65.0 Å². The smallest absolute Gasteiger partial charge is 0.490 e. The van der Waals surface area contributed by atoms with E-state index in [9.17, 15) is 4.79 Å². The number of hydrogen-bond donors (Lipinski definition) is 1. The lowest BCUT2D eigenvalue weighted by Crippen LogP contribution is -2.30. The van der Waals surface area contributed by atoms with Crippen LogP contribution < -0.4 is 9.47 Å². The summed E-state index contributed by atoms with van der Waals surface area (Å²) in [5.74, 6) is 1.30. The first-order valence-electron chi connectivity index (χ1n) is 6.49. The first kappa shape index (κ1) is 14.7. The fraction of sp³-hybridized carbons (Fsp3) is 0.188. The summed E-state index contributed by atoms with van der Waals surface area (Å²) in [6.07, 6.45) is -2.06. The van der Waals surface area contributed by atoms with Crippen molar-refractivity contribution >= 4 is 6.16 Å². The van der Waals surface area contributed by atoms with Crippen molar-refractivity contribution in [3.8, 4) is 11.5 Å². The van der Waals surface area contributed by atoms with Gasteiger partial charge < -0.3 is 19.3 Å². The predicted octanol–water partition coefficient (Wildman–Crippen LogP) is 3.21. The first-order chi connectivity index (χ1) is 10.2. The van der Waals surface area contributed by atoms with Crippen LogP contribution in [0.25, 0.3) is 0 Å². The molecule has 0 spiro atoms. The number of hydrogen-bond acceptors (Lipinski definition) is 4. The zero-order valence-corrected chi connectivity index (χ0v) is 11.3. The van der Waals surface area contributed by atoms with E-state index in [4.69, 9.17) is 19.3 Å². The Morgan fingerprint density at radius 2 is 1.29 bits per heavy atom. The van der Waals surface area contributed by atoms with Crippen molar-refractivity contribution in [2.75, 3.05) is 13.2 Å². The average Bonchev–Trinajstić information content (AvgIpc) is 2.51. The first-order valence-corrected chi connectivity index (χ1v) is 6.49. The highest BCUT2D eigenvalue weighted by Gasteiger charge is 2.16. The van der Waals surface area contributed by atoms with Gasteiger partial charge in [0.1, 0.15) is 24.7 Å². The third kappa shape index (κ3) is 5.44. The predicted molar refractivity (Wildman–Crippen MR) is 76.8 cm³/mol. The minimum atomic E-state index is -1.35. The summed E-state index contributed by atoms with van der Waals surface area (Å²) < 4.78 is 15.7. The van der Waals surface area contributed by atoms with Crippen molar-refractivity contribution in [3.63, 3.8) is 0 Å². The third-order valence-corrected chi connectivity index (χ3v) is 2.63. The van der Waals surface area contributed by atoms with Gasteiger partial charge in [0, 0.05) is 0 Å². The molecule has 0 atom stereocenters. The zero-order valence-electron chi connectivity index (χ0n) is 11.3. The van der Waals surface area contributed by atoms with Crippen LogP contribution in [0.15, 0.2) is 60.7 Å². The minimum absolute atomic E-state index is 0.0865. The lowest BCUT2D eigenvalue weighted by Gasteiger charge is -2.17. The number of carbonyl (C=O) groups is 1. The highest BCUT2D eigenvalue weighted by Crippen LogP contribution is 2.12. The highest BCUT2D eigenvalue weighted by molar-refractivity contribution is 5.57. The fourth-order valence-corrected chi connectivity index (χ4v) is 1.67. The molecule has 0 saturated heterocycles. The van der Waals surface area contributed by atoms with Crippen molar-refractivity contribution in [2.45, 2.75) is 6.10 Å². The largest absolute Gasteiger partial charge is 0.506 e. The molecular formula is C16H16O5. The molecule has 0 radical (unpaired) electrons. The van der Waals surface area contributed by atoms with E-state index in [1.807, 2.05) is 36.4 Å². The Bertz CT molecular complexity index is 498. The van der Waals surface area contributed by atoms with E-state index in [1.165, 1.54) is 0 Å². The summed E-state index contributed by atoms with van der Waals surface area (Å²) in [7, 11) is 0. The van der Waals surface area contributed by atoms with Crippen LogP contribution in [-0.2, 0) is 4.74 Å². The van der Waals surface area contributed by atoms with Gasteiger partial charge in [-0.15, -0.1) is 0 Å². The van der Waals surface area contributed by atoms with E-state index < -0.39 is 12.3 Å². The van der Waals surface area contributed by atoms with Gasteiger partial charge in [0.25, 0.3) is 0 Å². The van der Waals surface area contributed by atoms with Crippen molar-refractivity contribution in [1.82, 2.24) is 0 Å². The molecule has 0 saturated carbocycles. The summed E-state index contributed by atoms with van der Waals surface area (Å²) in [6, 6.07) is 18.2. The summed E-state index contributed by atoms with van der Waals surface area (Å²) in [4.78, 5) is 10.7. The standard InChI is InChI=1S/C16H16O5/c17-16(18)21-15(11-19-13-7-3-1-4-8-13)12-20-14-9-5-2-6-10-14/h1-10,15H,11-12H2,(H,17,18). The molecule has 0 aliphatic heterocycles. The molecule has 0 amide bonds. The molecule has 5 nitrogen and oxygen atoms in total. The molecule has 2 aromatic carbocycles. The number of para-hydroxylation sites is 2. The highest BCUT2D eigenvalue weighted by atomic mass is 16.7. The molecule has 0 fully saturated rings. The number of rotatable bonds is 7. The molecule has 0 heterocycles. The van der Waals surface area contributed by atoms with Gasteiger partial charge in [-0.25, -0.2) is 4.79 Å². The second-order valence-electron chi connectivity index (χ2n) is 4.25. The molecule has 0 aliphatic carbocycles. The summed E-state index contributed by atoms with van der Waals surface area (Å²) in [5, 5.41) is 8.74. The van der Waals surface area contributed by atoms with Crippen LogP contribution in [0.3, 0.4) is 0 Å². The Morgan fingerprint density at radius 1 is 0.857 bits per heavy atom. The van der Waals surface area contributed by atoms with E-state index in [1.54, 1.807) is 24.3 Å². The van der Waals surface area contributed by atoms with Crippen LogP contribution in [0.5, 0.6) is 11.5 Å². The summed E-state index contributed by atoms with van der Waals surface area (Å²) in [5.41, 5.74) is 0. The maximum atomic E-state index is 10.7. The molecule has 0 aliphatic rings. The van der Waals surface area contributed by atoms with Crippen molar-refractivity contribution in [3.05, 3.63) is 60.7 Å². The van der Waals surface area contributed by atoms with Gasteiger partial charge in [-0.2, -0.15) is 0 Å². The molecule has 2 aromatic rings. The number of benzene rings is 2. The van der Waals surface area contributed by atoms with Crippen molar-refractivity contribution in [2.24, 2.45) is 0 Å². The monoisotopic (exact) mass is 288 g/mol. The van der Waals surface area contributed by atoms with Gasteiger partial charge in [-0.3, -0.25) is 0 Å². The van der Waals surface area contributed by atoms with Gasteiger partial charge in [0.05, 0.1) is 0 Å². The van der Waals surface area contributed by atoms with E-state index in [-0.39, 0.29) is 13.2 Å². The van der Waals surface area contributed by atoms with Crippen LogP contribution in [-0.4, -0.2) is 30.6 Å². The fourth-order valence-electron chi connectivity index (χ4n) is 1.67. The van der Waals surface area contributed by atoms with Crippen molar-refractivity contribution in [1.29, 1.82) is 0 Å². The van der Waals surface area contributed by atoms with Crippen LogP contribution in [0.4, 0.5) is 4.79 Å². The lowest BCUT2D eigenvalue weighted by atomic mass is 10.3. The molecular weight excluding hydrogens is 272 g/mol. The maximum Gasteiger partial charge on any atom is 0.506 e. The Morgan fingerprint density at radius 3 is 1.67 bits per heavy atom. The Labute approximate surface area is 122 Å². The van der Waals surface area contributed by atoms with Gasteiger partial charge in [0.15, 0.2) is 6.10 Å². The van der Waals surface area contributed by atoms with Gasteiger partial charge >= 0.3 is 6.16 Å². The van der Waals surface area contributed by atoms with E-state index in [2.05, 4.69) is 0 Å². The quantitative estimate of drug-likeness (QED) is 0.792. The third-order valence-electron chi connectivity index (χ3n) is 2.63. The average molecular weight is 288 g/mol. The molecule has 110 valence electrons. The van der Waals surface area contributed by atoms with Crippen LogP contribution in [0.2, 0.25) is 0 Å². The van der Waals surface area contributed by atoms with E-state index in [0.717, 1.165) is 0 Å². The Kier molecular flexibility index (Phi) is 5.46. The minimum Gasteiger partial charge on any atom is -0.490 e. The lowest BCUT2D eigenvalue weighted by molar-refractivity contribution is 0.00771. The Hall–Kier alpha value is -2.69. The van der Waals surface area contributed by atoms with E-state index in [0.29, 0.717) is 11.5 Å². The second-order valence-corrected chi connectivity index (χ2v) is 4.25. The van der Waals surface area contributed by atoms with Gasteiger partial charge in [-0.05, 0) is 24.3 Å². The molecule has 0 bridgehead atoms. The normalized spacial score (nSPS) is 10.1.